The number of benzene rings is 2. The van der Waals surface area contributed by atoms with E-state index in [0.29, 0.717) is 16.4 Å². The molecule has 6 heteroatoms. The van der Waals surface area contributed by atoms with E-state index in [1.54, 1.807) is 24.3 Å². The predicted octanol–water partition coefficient (Wildman–Crippen LogP) is 2.74. The highest BCUT2D eigenvalue weighted by Crippen LogP contribution is 2.28. The number of amides is 2. The van der Waals surface area contributed by atoms with Crippen LogP contribution in [-0.4, -0.2) is 24.9 Å². The molecule has 0 saturated heterocycles. The van der Waals surface area contributed by atoms with Crippen LogP contribution in [0.25, 0.3) is 0 Å². The zero-order valence-electron chi connectivity index (χ0n) is 11.7. The van der Waals surface area contributed by atoms with Gasteiger partial charge in [-0.15, -0.1) is 0 Å². The third kappa shape index (κ3) is 3.04. The van der Waals surface area contributed by atoms with E-state index in [-0.39, 0.29) is 24.9 Å². The van der Waals surface area contributed by atoms with Crippen LogP contribution in [0.5, 0.6) is 0 Å². The zero-order valence-corrected chi connectivity index (χ0v) is 12.4. The number of hydrogen-bond donors (Lipinski definition) is 2. The average molecular weight is 316 g/mol. The molecule has 3 rings (SSSR count). The fourth-order valence-electron chi connectivity index (χ4n) is 2.31. The van der Waals surface area contributed by atoms with Crippen molar-refractivity contribution >= 4 is 40.5 Å². The number of nitrogens with one attached hydrogen (secondary N) is 2. The van der Waals surface area contributed by atoms with Crippen molar-refractivity contribution < 1.29 is 9.59 Å². The number of rotatable bonds is 3. The number of carbonyl (C=O) groups is 2. The number of fused-ring (bicyclic) bond motifs is 1. The maximum atomic E-state index is 12.2. The quantitative estimate of drug-likeness (QED) is 0.915. The number of halogens is 1. The molecule has 1 aliphatic heterocycles. The average Bonchev–Trinajstić information content (AvgIpc) is 2.52. The molecule has 5 nitrogen and oxygen atoms in total. The molecule has 0 aromatic heterocycles. The first-order chi connectivity index (χ1) is 10.6. The minimum Gasteiger partial charge on any atom is -0.374 e. The number of carbonyl (C=O) groups excluding carboxylic acids is 2. The maximum Gasteiger partial charge on any atom is 0.246 e. The molecule has 0 saturated carbocycles. The van der Waals surface area contributed by atoms with Crippen LogP contribution in [0.2, 0.25) is 5.02 Å². The Morgan fingerprint density at radius 2 is 1.91 bits per heavy atom. The molecule has 0 atom stereocenters. The zero-order chi connectivity index (χ0) is 15.5. The molecule has 2 N–H and O–H groups in total. The number of nitrogens with zero attached hydrogens (tertiary/aromatic N) is 1. The third-order valence-corrected chi connectivity index (χ3v) is 3.61. The van der Waals surface area contributed by atoms with Crippen molar-refractivity contribution in [2.45, 2.75) is 0 Å². The van der Waals surface area contributed by atoms with E-state index in [1.807, 2.05) is 24.3 Å². The summed E-state index contributed by atoms with van der Waals surface area (Å²) in [6.45, 7) is 0.158. The van der Waals surface area contributed by atoms with Crippen LogP contribution in [0.3, 0.4) is 0 Å². The Balaban J connectivity index is 1.73. The van der Waals surface area contributed by atoms with Gasteiger partial charge in [0.1, 0.15) is 6.54 Å². The normalized spacial score (nSPS) is 13.3. The fraction of sp³-hybridized carbons (Fsp3) is 0.125. The minimum atomic E-state index is -0.257. The van der Waals surface area contributed by atoms with Gasteiger partial charge in [-0.1, -0.05) is 23.7 Å². The van der Waals surface area contributed by atoms with Gasteiger partial charge in [-0.05, 0) is 36.4 Å². The lowest BCUT2D eigenvalue weighted by Crippen LogP contribution is -2.44. The van der Waals surface area contributed by atoms with E-state index in [2.05, 4.69) is 10.6 Å². The minimum absolute atomic E-state index is 0.0276. The van der Waals surface area contributed by atoms with Crippen LogP contribution in [0.4, 0.5) is 17.1 Å². The second-order valence-electron chi connectivity index (χ2n) is 4.91. The Hall–Kier alpha value is -2.53. The molecule has 2 aromatic rings. The van der Waals surface area contributed by atoms with Gasteiger partial charge in [0.2, 0.25) is 11.8 Å². The SMILES string of the molecule is O=C(CN1C(=O)CNc2ccccc21)Nc1ccc(Cl)cc1. The monoisotopic (exact) mass is 315 g/mol. The topological polar surface area (TPSA) is 61.4 Å². The highest BCUT2D eigenvalue weighted by molar-refractivity contribution is 6.30. The van der Waals surface area contributed by atoms with Gasteiger partial charge >= 0.3 is 0 Å². The summed E-state index contributed by atoms with van der Waals surface area (Å²) in [6.07, 6.45) is 0. The van der Waals surface area contributed by atoms with E-state index in [4.69, 9.17) is 11.6 Å². The molecule has 0 fully saturated rings. The molecule has 0 radical (unpaired) electrons. The summed E-state index contributed by atoms with van der Waals surface area (Å²) in [6, 6.07) is 14.2. The summed E-state index contributed by atoms with van der Waals surface area (Å²) in [7, 11) is 0. The van der Waals surface area contributed by atoms with Crippen molar-refractivity contribution in [1.82, 2.24) is 0 Å². The van der Waals surface area contributed by atoms with Crippen molar-refractivity contribution in [2.75, 3.05) is 28.6 Å². The molecule has 0 aliphatic carbocycles. The summed E-state index contributed by atoms with van der Waals surface area (Å²) in [5.41, 5.74) is 2.21. The molecular weight excluding hydrogens is 302 g/mol. The second-order valence-corrected chi connectivity index (χ2v) is 5.34. The summed E-state index contributed by atoms with van der Waals surface area (Å²) < 4.78 is 0. The molecule has 2 amide bonds. The first-order valence-corrected chi connectivity index (χ1v) is 7.20. The summed E-state index contributed by atoms with van der Waals surface area (Å²) in [5, 5.41) is 6.39. The fourth-order valence-corrected chi connectivity index (χ4v) is 2.44. The van der Waals surface area contributed by atoms with Crippen LogP contribution in [-0.2, 0) is 9.59 Å². The van der Waals surface area contributed by atoms with Gasteiger partial charge in [0.15, 0.2) is 0 Å². The van der Waals surface area contributed by atoms with E-state index in [1.165, 1.54) is 4.90 Å². The summed E-state index contributed by atoms with van der Waals surface area (Å²) >= 11 is 5.81. The highest BCUT2D eigenvalue weighted by atomic mass is 35.5. The Morgan fingerprint density at radius 3 is 2.68 bits per heavy atom. The first kappa shape index (κ1) is 14.4. The standard InChI is InChI=1S/C16H14ClN3O2/c17-11-5-7-12(8-6-11)19-15(21)10-20-14-4-2-1-3-13(14)18-9-16(20)22/h1-8,18H,9-10H2,(H,19,21). The lowest BCUT2D eigenvalue weighted by atomic mass is 10.2. The molecule has 1 aliphatic rings. The molecule has 2 aromatic carbocycles. The van der Waals surface area contributed by atoms with Crippen molar-refractivity contribution in [3.8, 4) is 0 Å². The molecule has 1 heterocycles. The Bertz CT molecular complexity index is 716. The smallest absolute Gasteiger partial charge is 0.246 e. The van der Waals surface area contributed by atoms with Gasteiger partial charge in [-0.2, -0.15) is 0 Å². The lowest BCUT2D eigenvalue weighted by Gasteiger charge is -2.29. The van der Waals surface area contributed by atoms with Crippen LogP contribution < -0.4 is 15.5 Å². The summed E-state index contributed by atoms with van der Waals surface area (Å²) in [4.78, 5) is 25.7. The number of hydrogen-bond acceptors (Lipinski definition) is 3. The number of anilines is 3. The lowest BCUT2D eigenvalue weighted by molar-refractivity contribution is -0.120. The van der Waals surface area contributed by atoms with E-state index in [9.17, 15) is 9.59 Å². The van der Waals surface area contributed by atoms with Crippen molar-refractivity contribution in [2.24, 2.45) is 0 Å². The van der Waals surface area contributed by atoms with Gasteiger partial charge in [0.05, 0.1) is 17.9 Å². The first-order valence-electron chi connectivity index (χ1n) is 6.82. The van der Waals surface area contributed by atoms with Gasteiger partial charge < -0.3 is 10.6 Å². The van der Waals surface area contributed by atoms with E-state index < -0.39 is 0 Å². The summed E-state index contributed by atoms with van der Waals surface area (Å²) in [5.74, 6) is -0.391. The predicted molar refractivity (Wildman–Crippen MR) is 87.4 cm³/mol. The third-order valence-electron chi connectivity index (χ3n) is 3.36. The number of para-hydroxylation sites is 2. The molecular formula is C16H14ClN3O2. The van der Waals surface area contributed by atoms with Crippen LogP contribution in [0.15, 0.2) is 48.5 Å². The van der Waals surface area contributed by atoms with E-state index >= 15 is 0 Å². The van der Waals surface area contributed by atoms with Crippen LogP contribution >= 0.6 is 11.6 Å². The van der Waals surface area contributed by atoms with Crippen LogP contribution in [0.1, 0.15) is 0 Å². The highest BCUT2D eigenvalue weighted by Gasteiger charge is 2.25. The largest absolute Gasteiger partial charge is 0.374 e. The van der Waals surface area contributed by atoms with Gasteiger partial charge in [0.25, 0.3) is 0 Å². The maximum absolute atomic E-state index is 12.2. The van der Waals surface area contributed by atoms with Crippen molar-refractivity contribution in [3.05, 3.63) is 53.6 Å². The molecule has 0 spiro atoms. The Morgan fingerprint density at radius 1 is 1.18 bits per heavy atom. The molecule has 0 bridgehead atoms. The Kier molecular flexibility index (Phi) is 3.98. The Labute approximate surface area is 132 Å². The molecule has 0 unspecified atom stereocenters. The molecule has 112 valence electrons. The second kappa shape index (κ2) is 6.07. The van der Waals surface area contributed by atoms with Gasteiger partial charge in [-0.25, -0.2) is 0 Å². The van der Waals surface area contributed by atoms with E-state index in [0.717, 1.165) is 5.69 Å². The van der Waals surface area contributed by atoms with Crippen LogP contribution in [0, 0.1) is 0 Å². The molecule has 22 heavy (non-hydrogen) atoms. The van der Waals surface area contributed by atoms with Gasteiger partial charge in [0, 0.05) is 10.7 Å². The van der Waals surface area contributed by atoms with Gasteiger partial charge in [-0.3, -0.25) is 14.5 Å². The van der Waals surface area contributed by atoms with Crippen molar-refractivity contribution in [3.63, 3.8) is 0 Å². The van der Waals surface area contributed by atoms with Crippen molar-refractivity contribution in [1.29, 1.82) is 0 Å².